The van der Waals surface area contributed by atoms with Crippen LogP contribution in [-0.4, -0.2) is 60.3 Å². The first kappa shape index (κ1) is 19.8. The van der Waals surface area contributed by atoms with Gasteiger partial charge < -0.3 is 14.7 Å². The third-order valence-corrected chi connectivity index (χ3v) is 6.92. The second kappa shape index (κ2) is 7.08. The van der Waals surface area contributed by atoms with Gasteiger partial charge in [0.2, 0.25) is 5.91 Å². The molecule has 3 aliphatic rings. The highest BCUT2D eigenvalue weighted by molar-refractivity contribution is 5.91. The number of carboxylic acids is 1. The summed E-state index contributed by atoms with van der Waals surface area (Å²) in [5.41, 5.74) is 1.68. The number of amides is 1. The van der Waals surface area contributed by atoms with Crippen LogP contribution in [0.15, 0.2) is 66.7 Å². The second-order valence-electron chi connectivity index (χ2n) is 8.75. The van der Waals surface area contributed by atoms with Crippen LogP contribution in [0.3, 0.4) is 0 Å². The van der Waals surface area contributed by atoms with Crippen molar-refractivity contribution in [2.45, 2.75) is 24.7 Å². The van der Waals surface area contributed by atoms with Crippen LogP contribution in [0.25, 0.3) is 5.69 Å². The number of aromatic nitrogens is 4. The largest absolute Gasteiger partial charge is 0.481 e. The number of ether oxygens (including phenoxy) is 1. The maximum Gasteiger partial charge on any atom is 0.310 e. The summed E-state index contributed by atoms with van der Waals surface area (Å²) in [6, 6.07) is 16.7. The Bertz CT molecular complexity index is 1290. The number of rotatable bonds is 5. The molecule has 2 fully saturated rings. The molecule has 5 atom stereocenters. The van der Waals surface area contributed by atoms with Crippen molar-refractivity contribution in [3.8, 4) is 5.69 Å². The van der Waals surface area contributed by atoms with E-state index in [0.717, 1.165) is 16.8 Å². The van der Waals surface area contributed by atoms with Gasteiger partial charge in [-0.05, 0) is 34.5 Å². The van der Waals surface area contributed by atoms with Crippen LogP contribution in [-0.2, 0) is 14.3 Å². The summed E-state index contributed by atoms with van der Waals surface area (Å²) in [5.74, 6) is -2.49. The number of nitrogens with zero attached hydrogens (tertiary/aromatic N) is 5. The van der Waals surface area contributed by atoms with E-state index in [9.17, 15) is 14.7 Å². The molecule has 2 saturated heterocycles. The van der Waals surface area contributed by atoms with E-state index in [1.807, 2.05) is 67.6 Å². The first-order valence-electron chi connectivity index (χ1n) is 10.8. The molecule has 3 aliphatic heterocycles. The number of hydrogen-bond acceptors (Lipinski definition) is 6. The fourth-order valence-electron chi connectivity index (χ4n) is 5.47. The number of aryl methyl sites for hydroxylation is 1. The molecule has 9 heteroatoms. The molecule has 1 N–H and O–H groups in total. The lowest BCUT2D eigenvalue weighted by atomic mass is 9.77. The van der Waals surface area contributed by atoms with Gasteiger partial charge in [0.1, 0.15) is 17.6 Å². The smallest absolute Gasteiger partial charge is 0.310 e. The first-order valence-corrected chi connectivity index (χ1v) is 10.8. The van der Waals surface area contributed by atoms with Crippen LogP contribution in [0.1, 0.15) is 23.0 Å². The highest BCUT2D eigenvalue weighted by atomic mass is 16.5. The average Bonchev–Trinajstić information content (AvgIpc) is 3.57. The Morgan fingerprint density at radius 1 is 1.18 bits per heavy atom. The summed E-state index contributed by atoms with van der Waals surface area (Å²) >= 11 is 0. The quantitative estimate of drug-likeness (QED) is 0.600. The molecular formula is C24H21N5O4. The topological polar surface area (TPSA) is 110 Å². The van der Waals surface area contributed by atoms with Crippen LogP contribution in [0.5, 0.6) is 0 Å². The van der Waals surface area contributed by atoms with E-state index < -0.39 is 35.6 Å². The lowest BCUT2D eigenvalue weighted by Gasteiger charge is -2.29. The predicted octanol–water partition coefficient (Wildman–Crippen LogP) is 1.93. The maximum atomic E-state index is 13.8. The zero-order chi connectivity index (χ0) is 22.7. The molecule has 4 heterocycles. The van der Waals surface area contributed by atoms with E-state index in [2.05, 4.69) is 15.5 Å². The second-order valence-corrected chi connectivity index (χ2v) is 8.75. The number of para-hydroxylation sites is 1. The Labute approximate surface area is 189 Å². The highest BCUT2D eigenvalue weighted by Crippen LogP contribution is 2.53. The normalized spacial score (nSPS) is 28.3. The van der Waals surface area contributed by atoms with Gasteiger partial charge in [-0.25, -0.2) is 0 Å². The van der Waals surface area contributed by atoms with E-state index in [1.165, 1.54) is 0 Å². The lowest BCUT2D eigenvalue weighted by Crippen LogP contribution is -2.39. The van der Waals surface area contributed by atoms with E-state index in [1.54, 1.807) is 15.7 Å². The number of tetrazole rings is 1. The van der Waals surface area contributed by atoms with Crippen molar-refractivity contribution in [1.82, 2.24) is 25.1 Å². The number of likely N-dealkylation sites (tertiary alicyclic amines) is 1. The fourth-order valence-corrected chi connectivity index (χ4v) is 5.47. The first-order chi connectivity index (χ1) is 16.0. The minimum atomic E-state index is -1.02. The molecule has 0 unspecified atom stereocenters. The molecule has 2 bridgehead atoms. The Balaban J connectivity index is 1.49. The molecule has 9 nitrogen and oxygen atoms in total. The molecule has 1 aromatic heterocycles. The SMILES string of the molecule is Cc1ccccc1-n1nnnc1[C@@H](c1ccccc1)N1C[C@@]23C=C[C@@H](O2)[C@H](C(=O)O)[C@H]3C1=O. The predicted molar refractivity (Wildman–Crippen MR) is 115 cm³/mol. The number of fused-ring (bicyclic) bond motifs is 1. The average molecular weight is 443 g/mol. The van der Waals surface area contributed by atoms with Crippen molar-refractivity contribution in [3.63, 3.8) is 0 Å². The van der Waals surface area contributed by atoms with Gasteiger partial charge in [0.05, 0.1) is 24.3 Å². The Kier molecular flexibility index (Phi) is 4.25. The molecule has 0 saturated carbocycles. The minimum Gasteiger partial charge on any atom is -0.481 e. The third-order valence-electron chi connectivity index (χ3n) is 6.92. The summed E-state index contributed by atoms with van der Waals surface area (Å²) in [4.78, 5) is 27.5. The van der Waals surface area contributed by atoms with Crippen molar-refractivity contribution in [3.05, 3.63) is 83.7 Å². The van der Waals surface area contributed by atoms with Crippen LogP contribution in [0, 0.1) is 18.8 Å². The standard InChI is InChI=1S/C24H21N5O4/c1-14-7-5-6-10-16(14)29-21(25-26-27-29)20(15-8-3-2-4-9-15)28-13-24-12-11-17(33-24)18(23(31)32)19(24)22(28)30/h2-12,17-20H,13H2,1H3,(H,31,32)/t17-,18+,19+,20-,24-/m1/s1. The van der Waals surface area contributed by atoms with Crippen molar-refractivity contribution >= 4 is 11.9 Å². The fraction of sp³-hybridized carbons (Fsp3) is 0.292. The van der Waals surface area contributed by atoms with Gasteiger partial charge in [0.25, 0.3) is 0 Å². The molecule has 33 heavy (non-hydrogen) atoms. The van der Waals surface area contributed by atoms with Gasteiger partial charge >= 0.3 is 5.97 Å². The molecule has 3 aromatic rings. The van der Waals surface area contributed by atoms with Gasteiger partial charge in [-0.3, -0.25) is 9.59 Å². The van der Waals surface area contributed by atoms with Gasteiger partial charge in [-0.2, -0.15) is 4.68 Å². The zero-order valence-electron chi connectivity index (χ0n) is 17.8. The van der Waals surface area contributed by atoms with E-state index in [-0.39, 0.29) is 12.5 Å². The minimum absolute atomic E-state index is 0.230. The Hall–Kier alpha value is -3.85. The Morgan fingerprint density at radius 3 is 2.70 bits per heavy atom. The van der Waals surface area contributed by atoms with Crippen LogP contribution >= 0.6 is 0 Å². The molecule has 1 spiro atoms. The molecule has 6 rings (SSSR count). The maximum absolute atomic E-state index is 13.8. The van der Waals surface area contributed by atoms with Crippen molar-refractivity contribution in [1.29, 1.82) is 0 Å². The number of carbonyl (C=O) groups is 2. The van der Waals surface area contributed by atoms with Crippen molar-refractivity contribution < 1.29 is 19.4 Å². The molecule has 0 aliphatic carbocycles. The monoisotopic (exact) mass is 443 g/mol. The van der Waals surface area contributed by atoms with Crippen LogP contribution < -0.4 is 0 Å². The molecule has 166 valence electrons. The third kappa shape index (κ3) is 2.78. The van der Waals surface area contributed by atoms with Gasteiger partial charge in [-0.15, -0.1) is 5.10 Å². The number of aliphatic carboxylic acids is 1. The number of hydrogen-bond donors (Lipinski definition) is 1. The summed E-state index contributed by atoms with van der Waals surface area (Å²) < 4.78 is 7.73. The summed E-state index contributed by atoms with van der Waals surface area (Å²) in [5, 5.41) is 22.3. The highest BCUT2D eigenvalue weighted by Gasteiger charge is 2.68. The molecule has 0 radical (unpaired) electrons. The summed E-state index contributed by atoms with van der Waals surface area (Å²) in [6.07, 6.45) is 3.04. The van der Waals surface area contributed by atoms with Crippen molar-refractivity contribution in [2.75, 3.05) is 6.54 Å². The molecule has 2 aromatic carbocycles. The Morgan fingerprint density at radius 2 is 1.94 bits per heavy atom. The van der Waals surface area contributed by atoms with Crippen molar-refractivity contribution in [2.24, 2.45) is 11.8 Å². The number of carboxylic acid groups (broad SMARTS) is 1. The van der Waals surface area contributed by atoms with Gasteiger partial charge in [0.15, 0.2) is 5.82 Å². The zero-order valence-corrected chi connectivity index (χ0v) is 17.8. The van der Waals surface area contributed by atoms with Gasteiger partial charge in [0, 0.05) is 0 Å². The number of carbonyl (C=O) groups excluding carboxylic acids is 1. The molecule has 1 amide bonds. The summed E-state index contributed by atoms with van der Waals surface area (Å²) in [7, 11) is 0. The molecular weight excluding hydrogens is 422 g/mol. The van der Waals surface area contributed by atoms with E-state index >= 15 is 0 Å². The van der Waals surface area contributed by atoms with Crippen LogP contribution in [0.2, 0.25) is 0 Å². The van der Waals surface area contributed by atoms with E-state index in [4.69, 9.17) is 4.74 Å². The van der Waals surface area contributed by atoms with E-state index in [0.29, 0.717) is 5.82 Å². The van der Waals surface area contributed by atoms with Crippen LogP contribution in [0.4, 0.5) is 0 Å². The van der Waals surface area contributed by atoms with Gasteiger partial charge in [-0.1, -0.05) is 60.7 Å². The lowest BCUT2D eigenvalue weighted by molar-refractivity contribution is -0.148. The summed E-state index contributed by atoms with van der Waals surface area (Å²) in [6.45, 7) is 2.20. The number of benzene rings is 2.